The maximum atomic E-state index is 12.8. The molecule has 0 aliphatic rings. The molecule has 0 fully saturated rings. The molecule has 8 rings (SSSR count). The van der Waals surface area contributed by atoms with Crippen LogP contribution in [0.1, 0.15) is 0 Å². The first-order valence-corrected chi connectivity index (χ1v) is 28.8. The zero-order valence-corrected chi connectivity index (χ0v) is 44.4. The highest BCUT2D eigenvalue weighted by molar-refractivity contribution is 7.87. The third-order valence-corrected chi connectivity index (χ3v) is 15.6. The molecule has 1 aromatic heterocycles. The summed E-state index contributed by atoms with van der Waals surface area (Å²) in [7, 11) is -25.7. The second kappa shape index (κ2) is 21.6. The van der Waals surface area contributed by atoms with Crippen LogP contribution in [0.2, 0.25) is 5.02 Å². The van der Waals surface area contributed by atoms with Crippen molar-refractivity contribution in [2.24, 2.45) is 40.9 Å². The Morgan fingerprint density at radius 2 is 1.12 bits per heavy atom. The molecule has 10 N–H and O–H groups in total. The number of azo groups is 4. The Morgan fingerprint density at radius 1 is 0.561 bits per heavy atom. The van der Waals surface area contributed by atoms with Crippen LogP contribution in [0.5, 0.6) is 23.3 Å². The van der Waals surface area contributed by atoms with Crippen molar-refractivity contribution in [2.45, 2.75) is 24.5 Å². The molecule has 424 valence electrons. The molecule has 0 aliphatic carbocycles. The molecule has 34 nitrogen and oxygen atoms in total. The van der Waals surface area contributed by atoms with Crippen molar-refractivity contribution in [3.8, 4) is 28.9 Å². The molecule has 0 amide bonds. The summed E-state index contributed by atoms with van der Waals surface area (Å²) >= 11 is 6.33. The number of nitro benzene ring substituents is 1. The number of aromatic hydroxyl groups is 3. The zero-order valence-electron chi connectivity index (χ0n) is 39.5. The number of hydrogen-bond donors (Lipinski definition) is 9. The van der Waals surface area contributed by atoms with E-state index in [-0.39, 0.29) is 28.6 Å². The Labute approximate surface area is 461 Å². The number of nitrogen functional groups attached to an aromatic ring is 1. The number of aromatic nitrogens is 2. The third-order valence-electron chi connectivity index (χ3n) is 10.9. The molecule has 7 aromatic carbocycles. The van der Waals surface area contributed by atoms with Crippen LogP contribution in [-0.2, 0) is 55.4 Å². The summed E-state index contributed by atoms with van der Waals surface area (Å²) in [5.41, 5.74) is -0.210. The number of fused-ring (bicyclic) bond motifs is 2. The highest BCUT2D eigenvalue weighted by Gasteiger charge is 2.28. The van der Waals surface area contributed by atoms with Crippen LogP contribution in [-0.4, -0.2) is 101 Å². The summed E-state index contributed by atoms with van der Waals surface area (Å²) in [6.45, 7) is -0.148. The third kappa shape index (κ3) is 12.0. The number of phenolic OH excluding ortho intramolecular Hbond substituents is 2. The highest BCUT2D eigenvalue weighted by Crippen LogP contribution is 2.48. The first kappa shape index (κ1) is 58.7. The highest BCUT2D eigenvalue weighted by atomic mass is 35.5. The Balaban J connectivity index is 1.14. The number of rotatable bonds is 17. The molecule has 0 atom stereocenters. The lowest BCUT2D eigenvalue weighted by atomic mass is 10.1. The topological polar surface area (TPSA) is 545 Å². The molecule has 40 heteroatoms. The summed E-state index contributed by atoms with van der Waals surface area (Å²) in [6.07, 6.45) is 0. The van der Waals surface area contributed by atoms with E-state index in [9.17, 15) is 95.1 Å². The second-order valence-corrected chi connectivity index (χ2v) is 23.5. The summed E-state index contributed by atoms with van der Waals surface area (Å²) in [5.74, 6) is -3.63. The number of anilines is 1. The van der Waals surface area contributed by atoms with E-state index in [1.165, 1.54) is 0 Å². The van der Waals surface area contributed by atoms with Crippen molar-refractivity contribution in [3.63, 3.8) is 0 Å². The van der Waals surface area contributed by atoms with Crippen LogP contribution in [0.15, 0.2) is 162 Å². The van der Waals surface area contributed by atoms with Crippen molar-refractivity contribution in [1.82, 2.24) is 9.78 Å². The van der Waals surface area contributed by atoms with E-state index < -0.39 is 170 Å². The largest absolute Gasteiger partial charge is 0.505 e. The van der Waals surface area contributed by atoms with Crippen molar-refractivity contribution in [1.29, 1.82) is 0 Å². The number of phenols is 2. The van der Waals surface area contributed by atoms with Crippen LogP contribution < -0.4 is 10.5 Å². The Bertz CT molecular complexity index is 4810. The summed E-state index contributed by atoms with van der Waals surface area (Å²) in [6, 6.07) is 14.3. The van der Waals surface area contributed by atoms with Gasteiger partial charge in [-0.2, -0.15) is 57.0 Å². The number of ether oxygens (including phenoxy) is 1. The van der Waals surface area contributed by atoms with Gasteiger partial charge in [-0.15, -0.1) is 35.8 Å². The van der Waals surface area contributed by atoms with E-state index in [1.807, 2.05) is 0 Å². The Kier molecular flexibility index (Phi) is 15.4. The first-order valence-electron chi connectivity index (χ1n) is 21.2. The number of carbonyl (C=O) groups is 1. The number of benzene rings is 7. The lowest BCUT2D eigenvalue weighted by Crippen LogP contribution is -2.01. The van der Waals surface area contributed by atoms with Gasteiger partial charge in [-0.25, -0.2) is 0 Å². The lowest BCUT2D eigenvalue weighted by Gasteiger charge is -2.12. The molecule has 0 bridgehead atoms. The van der Waals surface area contributed by atoms with Gasteiger partial charge >= 0.3 is 0 Å². The first-order chi connectivity index (χ1) is 38.2. The van der Waals surface area contributed by atoms with Crippen molar-refractivity contribution < 1.29 is 94.6 Å². The molecular weight excluding hydrogens is 1220 g/mol. The number of nitrogens with two attached hydrogens (primary N) is 1. The number of hydrogen-bond acceptors (Lipinski definition) is 27. The van der Waals surface area contributed by atoms with Gasteiger partial charge in [-0.1, -0.05) is 17.7 Å². The molecule has 0 saturated carbocycles. The fourth-order valence-electron chi connectivity index (χ4n) is 7.31. The molecule has 82 heavy (non-hydrogen) atoms. The van der Waals surface area contributed by atoms with E-state index in [0.29, 0.717) is 16.8 Å². The van der Waals surface area contributed by atoms with E-state index in [4.69, 9.17) is 22.1 Å². The number of halogens is 1. The standard InChI is InChI=1S/C42H27ClN12O22S5/c43-26-13-20(14-33(82(74,75)76)36(26)50-52-38-41(77-17-56)53-54(42(38)59)21-2-5-23(6-3-21)78(62,63)64)46-51-37-32(81(71,72)73)12-18-11-19(1-7-24(18)39(37)57)45-49-29-16-30(79(65,66)67)25-8-10-28(40(58)34(25)35(29)44)48-47-27-9-4-22(55(60)61)15-31(27)80(68,69)70/h1-17,57-59H,44H2,(H,62,63,64)(H,65,66,67)(H,68,69,70)(H,71,72,73)(H,74,75,76). The van der Waals surface area contributed by atoms with Crippen molar-refractivity contribution in [2.75, 3.05) is 5.73 Å². The van der Waals surface area contributed by atoms with Gasteiger partial charge in [0.15, 0.2) is 11.5 Å². The second-order valence-electron chi connectivity index (χ2n) is 16.1. The van der Waals surface area contributed by atoms with Crippen LogP contribution in [0.3, 0.4) is 0 Å². The van der Waals surface area contributed by atoms with Gasteiger partial charge in [0.25, 0.3) is 68.6 Å². The van der Waals surface area contributed by atoms with Gasteiger partial charge in [-0.05, 0) is 84.2 Å². The molecular formula is C42H27ClN12O22S5. The van der Waals surface area contributed by atoms with E-state index in [2.05, 4.69) is 46.0 Å². The minimum Gasteiger partial charge on any atom is -0.505 e. The molecule has 8 aromatic rings. The summed E-state index contributed by atoms with van der Waals surface area (Å²) in [5, 5.41) is 76.4. The predicted molar refractivity (Wildman–Crippen MR) is 278 cm³/mol. The fraction of sp³-hybridized carbons (Fsp3) is 0. The maximum absolute atomic E-state index is 12.8. The number of nitro groups is 1. The Morgan fingerprint density at radius 3 is 1.73 bits per heavy atom. The summed E-state index contributed by atoms with van der Waals surface area (Å²) in [4.78, 5) is 16.7. The Hall–Kier alpha value is -9.42. The maximum Gasteiger partial charge on any atom is 0.299 e. The quantitative estimate of drug-likeness (QED) is 0.0103. The number of non-ortho nitro benzene ring substituents is 1. The summed E-state index contributed by atoms with van der Waals surface area (Å²) < 4.78 is 178. The van der Waals surface area contributed by atoms with E-state index in [1.54, 1.807) is 0 Å². The smallest absolute Gasteiger partial charge is 0.299 e. The monoisotopic (exact) mass is 1250 g/mol. The average molecular weight is 1250 g/mol. The number of nitrogens with zero attached hydrogens (tertiary/aromatic N) is 11. The van der Waals surface area contributed by atoms with E-state index in [0.717, 1.165) is 84.9 Å². The van der Waals surface area contributed by atoms with Gasteiger partial charge < -0.3 is 25.8 Å². The van der Waals surface area contributed by atoms with Gasteiger partial charge in [0, 0.05) is 22.9 Å². The van der Waals surface area contributed by atoms with Crippen molar-refractivity contribution in [3.05, 3.63) is 112 Å². The predicted octanol–water partition coefficient (Wildman–Crippen LogP) is 8.87. The minimum atomic E-state index is -5.37. The van der Waals surface area contributed by atoms with Gasteiger partial charge in [-0.3, -0.25) is 37.7 Å². The molecule has 0 spiro atoms. The molecule has 0 saturated heterocycles. The molecule has 1 heterocycles. The van der Waals surface area contributed by atoms with Gasteiger partial charge in [0.2, 0.25) is 11.6 Å². The molecule has 0 unspecified atom stereocenters. The van der Waals surface area contributed by atoms with Crippen LogP contribution >= 0.6 is 11.6 Å². The minimum absolute atomic E-state index is 0.0965. The van der Waals surface area contributed by atoms with Crippen molar-refractivity contribution >= 4 is 147 Å². The molecule has 0 radical (unpaired) electrons. The lowest BCUT2D eigenvalue weighted by molar-refractivity contribution is -0.385. The van der Waals surface area contributed by atoms with E-state index >= 15 is 0 Å². The van der Waals surface area contributed by atoms with Gasteiger partial charge in [0.1, 0.15) is 48.0 Å². The average Bonchev–Trinajstić information content (AvgIpc) is 2.13. The molecule has 0 aliphatic heterocycles. The van der Waals surface area contributed by atoms with Crippen LogP contribution in [0.25, 0.3) is 27.2 Å². The SMILES string of the molecule is Nc1c(N=Nc2ccc3c(O)c(N=Nc4cc(Cl)c(N=Nc5c(OC=O)nn(-c6ccc(S(=O)(=O)O)cc6)c5O)c(S(=O)(=O)O)c4)c(S(=O)(=O)O)cc3c2)cc(S(=O)(=O)O)c2ccc(N=Nc3ccc([N+](=O)[O-])cc3S(=O)(=O)O)c(O)c12. The normalized spacial score (nSPS) is 12.9. The zero-order chi connectivity index (χ0) is 60.2. The fourth-order valence-corrected chi connectivity index (χ4v) is 10.8. The van der Waals surface area contributed by atoms with Crippen LogP contribution in [0, 0.1) is 10.1 Å². The van der Waals surface area contributed by atoms with Crippen LogP contribution in [0.4, 0.5) is 56.9 Å². The number of carbonyl (C=O) groups excluding carboxylic acids is 1. The van der Waals surface area contributed by atoms with Gasteiger partial charge in [0.05, 0.1) is 43.0 Å².